The number of carbonyl (C=O) groups excluding carboxylic acids is 3. The molecule has 0 aliphatic heterocycles. The van der Waals surface area contributed by atoms with Crippen LogP contribution in [0.5, 0.6) is 0 Å². The fraction of sp³-hybridized carbons (Fsp3) is 0.263. The maximum absolute atomic E-state index is 12.2. The molecule has 2 aromatic rings. The highest BCUT2D eigenvalue weighted by Gasteiger charge is 2.18. The maximum atomic E-state index is 12.2. The zero-order valence-electron chi connectivity index (χ0n) is 14.9. The maximum Gasteiger partial charge on any atom is 0.328 e. The average Bonchev–Trinajstić information content (AvgIpc) is 2.61. The van der Waals surface area contributed by atoms with Gasteiger partial charge in [-0.2, -0.15) is 0 Å². The third-order valence-electron chi connectivity index (χ3n) is 4.01. The van der Waals surface area contributed by atoms with E-state index in [0.717, 1.165) is 29.5 Å². The second kappa shape index (κ2) is 9.48. The third kappa shape index (κ3) is 5.52. The van der Waals surface area contributed by atoms with Gasteiger partial charge in [-0.25, -0.2) is 9.78 Å². The van der Waals surface area contributed by atoms with E-state index < -0.39 is 17.8 Å². The zero-order chi connectivity index (χ0) is 20.0. The first-order valence-electron chi connectivity index (χ1n) is 8.42. The van der Waals surface area contributed by atoms with Crippen molar-refractivity contribution in [1.82, 2.24) is 15.6 Å². The Bertz CT molecular complexity index is 862. The molecule has 0 saturated carbocycles. The molecular weight excluding hydrogens is 389 g/mol. The Hall–Kier alpha value is -2.44. The minimum atomic E-state index is -0.928. The number of pyridine rings is 1. The standard InChI is InChI=1S/C19H19Cl2N3O3/c1-3-11-6-5-7-12(4-2)14(11)10-16(25)23-19(27)24-18(26)13-8-9-15(20)22-17(13)21/h5-9H,3-4,10H2,1-2H3,(H2,23,24,25,26,27). The van der Waals surface area contributed by atoms with Gasteiger partial charge in [0.2, 0.25) is 5.91 Å². The van der Waals surface area contributed by atoms with E-state index in [1.165, 1.54) is 12.1 Å². The molecule has 0 aliphatic carbocycles. The van der Waals surface area contributed by atoms with Crippen molar-refractivity contribution in [1.29, 1.82) is 0 Å². The van der Waals surface area contributed by atoms with Gasteiger partial charge in [0, 0.05) is 0 Å². The van der Waals surface area contributed by atoms with Crippen LogP contribution >= 0.6 is 23.2 Å². The van der Waals surface area contributed by atoms with Gasteiger partial charge in [-0.05, 0) is 41.7 Å². The molecule has 1 heterocycles. The summed E-state index contributed by atoms with van der Waals surface area (Å²) in [7, 11) is 0. The summed E-state index contributed by atoms with van der Waals surface area (Å²) >= 11 is 11.5. The molecule has 142 valence electrons. The number of aromatic nitrogens is 1. The van der Waals surface area contributed by atoms with Crippen LogP contribution in [0.3, 0.4) is 0 Å². The largest absolute Gasteiger partial charge is 0.328 e. The zero-order valence-corrected chi connectivity index (χ0v) is 16.4. The summed E-state index contributed by atoms with van der Waals surface area (Å²) in [5.41, 5.74) is 3.00. The number of benzene rings is 1. The molecule has 1 aromatic heterocycles. The van der Waals surface area contributed by atoms with Crippen LogP contribution in [0.4, 0.5) is 4.79 Å². The summed E-state index contributed by atoms with van der Waals surface area (Å²) in [6.07, 6.45) is 1.62. The Morgan fingerprint density at radius 3 is 2.15 bits per heavy atom. The number of carbonyl (C=O) groups is 3. The van der Waals surface area contributed by atoms with E-state index in [9.17, 15) is 14.4 Å². The third-order valence-corrected chi connectivity index (χ3v) is 4.51. The number of nitrogens with one attached hydrogen (secondary N) is 2. The lowest BCUT2D eigenvalue weighted by Gasteiger charge is -2.13. The van der Waals surface area contributed by atoms with E-state index in [4.69, 9.17) is 23.2 Å². The lowest BCUT2D eigenvalue weighted by Crippen LogP contribution is -2.43. The fourth-order valence-electron chi connectivity index (χ4n) is 2.69. The first kappa shape index (κ1) is 20.9. The van der Waals surface area contributed by atoms with Gasteiger partial charge in [-0.3, -0.25) is 20.2 Å². The molecule has 0 aliphatic rings. The van der Waals surface area contributed by atoms with Gasteiger partial charge in [-0.1, -0.05) is 55.2 Å². The van der Waals surface area contributed by atoms with E-state index in [0.29, 0.717) is 0 Å². The van der Waals surface area contributed by atoms with Crippen LogP contribution in [-0.4, -0.2) is 22.8 Å². The SMILES string of the molecule is CCc1cccc(CC)c1CC(=O)NC(=O)NC(=O)c1ccc(Cl)nc1Cl. The van der Waals surface area contributed by atoms with Crippen molar-refractivity contribution >= 4 is 41.0 Å². The second-order valence-corrected chi connectivity index (χ2v) is 6.49. The highest BCUT2D eigenvalue weighted by atomic mass is 35.5. The minimum absolute atomic E-state index is 0.0201. The van der Waals surface area contributed by atoms with Gasteiger partial charge in [0.15, 0.2) is 0 Å². The quantitative estimate of drug-likeness (QED) is 0.739. The summed E-state index contributed by atoms with van der Waals surface area (Å²) < 4.78 is 0. The Balaban J connectivity index is 2.02. The van der Waals surface area contributed by atoms with E-state index in [-0.39, 0.29) is 22.3 Å². The summed E-state index contributed by atoms with van der Waals surface area (Å²) in [5, 5.41) is 4.20. The van der Waals surface area contributed by atoms with Crippen molar-refractivity contribution in [2.75, 3.05) is 0 Å². The van der Waals surface area contributed by atoms with Gasteiger partial charge < -0.3 is 0 Å². The van der Waals surface area contributed by atoms with Crippen LogP contribution in [0.25, 0.3) is 0 Å². The van der Waals surface area contributed by atoms with Crippen molar-refractivity contribution in [3.63, 3.8) is 0 Å². The fourth-order valence-corrected chi connectivity index (χ4v) is 3.12. The molecule has 8 heteroatoms. The number of amides is 4. The second-order valence-electron chi connectivity index (χ2n) is 5.74. The Kier molecular flexibility index (Phi) is 7.33. The minimum Gasteiger partial charge on any atom is -0.277 e. The van der Waals surface area contributed by atoms with Gasteiger partial charge in [0.05, 0.1) is 12.0 Å². The molecular formula is C19H19Cl2N3O3. The van der Waals surface area contributed by atoms with Crippen LogP contribution < -0.4 is 10.6 Å². The van der Waals surface area contributed by atoms with Crippen molar-refractivity contribution in [2.45, 2.75) is 33.1 Å². The first-order valence-corrected chi connectivity index (χ1v) is 9.18. The number of urea groups is 1. The summed E-state index contributed by atoms with van der Waals surface area (Å²) in [5.74, 6) is -1.28. The van der Waals surface area contributed by atoms with Crippen LogP contribution in [0, 0.1) is 0 Å². The Labute approximate surface area is 167 Å². The topological polar surface area (TPSA) is 88.2 Å². The van der Waals surface area contributed by atoms with Crippen LogP contribution in [0.2, 0.25) is 10.3 Å². The molecule has 0 fully saturated rings. The van der Waals surface area contributed by atoms with E-state index in [1.807, 2.05) is 32.0 Å². The molecule has 6 nitrogen and oxygen atoms in total. The molecule has 2 N–H and O–H groups in total. The molecule has 0 saturated heterocycles. The Morgan fingerprint density at radius 1 is 0.963 bits per heavy atom. The molecule has 27 heavy (non-hydrogen) atoms. The monoisotopic (exact) mass is 407 g/mol. The highest BCUT2D eigenvalue weighted by Crippen LogP contribution is 2.18. The van der Waals surface area contributed by atoms with Crippen LogP contribution in [-0.2, 0) is 24.1 Å². The van der Waals surface area contributed by atoms with E-state index >= 15 is 0 Å². The van der Waals surface area contributed by atoms with Crippen LogP contribution in [0.1, 0.15) is 40.9 Å². The Morgan fingerprint density at radius 2 is 1.59 bits per heavy atom. The molecule has 0 radical (unpaired) electrons. The number of halogens is 2. The summed E-state index contributed by atoms with van der Waals surface area (Å²) in [6, 6.07) is 7.66. The highest BCUT2D eigenvalue weighted by molar-refractivity contribution is 6.35. The van der Waals surface area contributed by atoms with Crippen molar-refractivity contribution in [3.05, 3.63) is 62.9 Å². The number of nitrogens with zero attached hydrogens (tertiary/aromatic N) is 1. The first-order chi connectivity index (χ1) is 12.8. The van der Waals surface area contributed by atoms with Gasteiger partial charge in [0.1, 0.15) is 10.3 Å². The van der Waals surface area contributed by atoms with Gasteiger partial charge in [-0.15, -0.1) is 0 Å². The molecule has 0 bridgehead atoms. The normalized spacial score (nSPS) is 10.4. The predicted molar refractivity (Wildman–Crippen MR) is 104 cm³/mol. The van der Waals surface area contributed by atoms with Gasteiger partial charge in [0.25, 0.3) is 5.91 Å². The van der Waals surface area contributed by atoms with Crippen molar-refractivity contribution in [3.8, 4) is 0 Å². The molecule has 2 rings (SSSR count). The number of hydrogen-bond donors (Lipinski definition) is 2. The van der Waals surface area contributed by atoms with Crippen molar-refractivity contribution in [2.24, 2.45) is 0 Å². The molecule has 1 aromatic carbocycles. The van der Waals surface area contributed by atoms with Crippen molar-refractivity contribution < 1.29 is 14.4 Å². The number of rotatable bonds is 5. The number of hydrogen-bond acceptors (Lipinski definition) is 4. The summed E-state index contributed by atoms with van der Waals surface area (Å²) in [4.78, 5) is 40.0. The lowest BCUT2D eigenvalue weighted by molar-refractivity contribution is -0.119. The smallest absolute Gasteiger partial charge is 0.277 e. The number of imide groups is 2. The molecule has 4 amide bonds. The average molecular weight is 408 g/mol. The number of aryl methyl sites for hydroxylation is 2. The summed E-state index contributed by atoms with van der Waals surface area (Å²) in [6.45, 7) is 4.01. The molecule has 0 spiro atoms. The van der Waals surface area contributed by atoms with Crippen LogP contribution in [0.15, 0.2) is 30.3 Å². The van der Waals surface area contributed by atoms with E-state index in [1.54, 1.807) is 0 Å². The predicted octanol–water partition coefficient (Wildman–Crippen LogP) is 3.72. The lowest BCUT2D eigenvalue weighted by atomic mass is 9.95. The van der Waals surface area contributed by atoms with Gasteiger partial charge >= 0.3 is 6.03 Å². The molecule has 0 unspecified atom stereocenters. The molecule has 0 atom stereocenters. The van der Waals surface area contributed by atoms with E-state index in [2.05, 4.69) is 15.6 Å².